The number of phosphoric ester groups is 1. The highest BCUT2D eigenvalue weighted by Crippen LogP contribution is 2.38. The summed E-state index contributed by atoms with van der Waals surface area (Å²) in [7, 11) is 1.18. The van der Waals surface area contributed by atoms with Crippen molar-refractivity contribution in [3.05, 3.63) is 72.9 Å². The summed E-state index contributed by atoms with van der Waals surface area (Å²) < 4.78 is 30.4. The van der Waals surface area contributed by atoms with E-state index in [-0.39, 0.29) is 24.9 Å². The van der Waals surface area contributed by atoms with Crippen molar-refractivity contribution in [3.8, 4) is 0 Å². The van der Waals surface area contributed by atoms with E-state index >= 15 is 0 Å². The molecule has 3 atom stereocenters. The highest BCUT2D eigenvalue weighted by Gasteiger charge is 2.27. The highest BCUT2D eigenvalue weighted by atomic mass is 31.2. The van der Waals surface area contributed by atoms with Crippen LogP contribution < -0.4 is 10.2 Å². The third-order valence-electron chi connectivity index (χ3n) is 15.1. The van der Waals surface area contributed by atoms with Gasteiger partial charge in [-0.3, -0.25) is 14.2 Å². The summed E-state index contributed by atoms with van der Waals surface area (Å²) in [6, 6.07) is -0.897. The second kappa shape index (κ2) is 60.6. The van der Waals surface area contributed by atoms with Gasteiger partial charge < -0.3 is 28.5 Å². The van der Waals surface area contributed by atoms with Crippen LogP contribution in [0, 0.1) is 0 Å². The molecule has 0 fully saturated rings. The van der Waals surface area contributed by atoms with Crippen molar-refractivity contribution in [2.24, 2.45) is 0 Å². The van der Waals surface area contributed by atoms with Gasteiger partial charge in [0.05, 0.1) is 33.8 Å². The van der Waals surface area contributed by atoms with Gasteiger partial charge in [-0.1, -0.05) is 274 Å². The maximum atomic E-state index is 13.6. The summed E-state index contributed by atoms with van der Waals surface area (Å²) in [5, 5.41) is 3.04. The van der Waals surface area contributed by atoms with Crippen molar-refractivity contribution in [2.45, 2.75) is 328 Å². The molecule has 0 aromatic rings. The summed E-state index contributed by atoms with van der Waals surface area (Å²) >= 11 is 0. The third-order valence-corrected chi connectivity index (χ3v) is 16.1. The first-order chi connectivity index (χ1) is 39.4. The summed E-state index contributed by atoms with van der Waals surface area (Å²) in [5.41, 5.74) is 0. The van der Waals surface area contributed by atoms with Crippen LogP contribution in [0.2, 0.25) is 0 Å². The van der Waals surface area contributed by atoms with Gasteiger partial charge in [-0.05, 0) is 102 Å². The second-order valence-corrected chi connectivity index (χ2v) is 25.7. The molecule has 0 spiro atoms. The van der Waals surface area contributed by atoms with Crippen molar-refractivity contribution >= 4 is 19.7 Å². The minimum atomic E-state index is -4.71. The molecule has 0 aliphatic carbocycles. The lowest BCUT2D eigenvalue weighted by Crippen LogP contribution is -2.47. The van der Waals surface area contributed by atoms with E-state index in [1.54, 1.807) is 0 Å². The lowest BCUT2D eigenvalue weighted by Gasteiger charge is -2.30. The molecule has 0 aliphatic rings. The van der Waals surface area contributed by atoms with Crippen LogP contribution in [-0.2, 0) is 27.9 Å². The number of rotatable bonds is 62. The summed E-state index contributed by atoms with van der Waals surface area (Å²) in [6.07, 6.45) is 78.7. The molecule has 0 aromatic carbocycles. The maximum Gasteiger partial charge on any atom is 0.306 e. The normalized spacial score (nSPS) is 14.0. The lowest BCUT2D eigenvalue weighted by molar-refractivity contribution is -0.870. The number of esters is 1. The number of unbranched alkanes of at least 4 members (excludes halogenated alkanes) is 36. The molecule has 81 heavy (non-hydrogen) atoms. The molecule has 0 aromatic heterocycles. The molecule has 0 radical (unpaired) electrons. The van der Waals surface area contributed by atoms with Crippen LogP contribution in [0.15, 0.2) is 72.9 Å². The number of nitrogens with zero attached hydrogens (tertiary/aromatic N) is 1. The number of carbonyl (C=O) groups is 2. The standard InChI is InChI=1S/C71H131N2O7P/c1-7-10-13-16-19-22-25-28-30-32-34-35-36-37-39-40-42-45-48-51-54-57-60-63-70(74)72-68(67-79-81(76,77)78-66-65-73(4,5)6)69(62-59-56-53-50-47-44-27-24-21-18-15-12-9-3)80-71(75)64-61-58-55-52-49-46-43-41-38-33-31-29-26-23-20-17-14-11-8-2/h19-20,22-23,28-31,38,41,59,62,68-69H,7-18,21,24-27,32-37,39-40,42-58,60-61,63-67H2,1-6H3,(H-,72,74,76,77)/b22-19-,23-20-,30-28-,31-29-,41-38-,62-59-. The van der Waals surface area contributed by atoms with Crippen LogP contribution in [-0.4, -0.2) is 69.4 Å². The number of allylic oxidation sites excluding steroid dienone is 11. The Morgan fingerprint density at radius 1 is 0.432 bits per heavy atom. The molecule has 0 heterocycles. The lowest BCUT2D eigenvalue weighted by atomic mass is 10.0. The molecular weight excluding hydrogens is 1020 g/mol. The van der Waals surface area contributed by atoms with Gasteiger partial charge in [-0.15, -0.1) is 0 Å². The molecule has 472 valence electrons. The van der Waals surface area contributed by atoms with Crippen LogP contribution >= 0.6 is 7.82 Å². The van der Waals surface area contributed by atoms with E-state index in [9.17, 15) is 19.0 Å². The van der Waals surface area contributed by atoms with E-state index in [0.29, 0.717) is 23.9 Å². The summed E-state index contributed by atoms with van der Waals surface area (Å²) in [4.78, 5) is 40.1. The molecule has 0 rings (SSSR count). The molecule has 0 bridgehead atoms. The Morgan fingerprint density at radius 2 is 0.753 bits per heavy atom. The van der Waals surface area contributed by atoms with Gasteiger partial charge >= 0.3 is 5.97 Å². The van der Waals surface area contributed by atoms with Crippen LogP contribution in [0.1, 0.15) is 316 Å². The van der Waals surface area contributed by atoms with Gasteiger partial charge in [0.15, 0.2) is 0 Å². The van der Waals surface area contributed by atoms with Crippen molar-refractivity contribution in [3.63, 3.8) is 0 Å². The smallest absolute Gasteiger partial charge is 0.306 e. The zero-order chi connectivity index (χ0) is 59.3. The minimum absolute atomic E-state index is 0.0261. The van der Waals surface area contributed by atoms with Gasteiger partial charge in [0, 0.05) is 12.8 Å². The van der Waals surface area contributed by atoms with Crippen molar-refractivity contribution in [1.82, 2.24) is 5.32 Å². The Bertz CT molecular complexity index is 1620. The van der Waals surface area contributed by atoms with Crippen LogP contribution in [0.25, 0.3) is 0 Å². The first-order valence-corrected chi connectivity index (χ1v) is 35.7. The Balaban J connectivity index is 5.17. The van der Waals surface area contributed by atoms with E-state index < -0.39 is 26.6 Å². The molecule has 0 saturated carbocycles. The topological polar surface area (TPSA) is 114 Å². The molecule has 1 N–H and O–H groups in total. The highest BCUT2D eigenvalue weighted by molar-refractivity contribution is 7.45. The fraction of sp³-hybridized carbons (Fsp3) is 0.803. The average molecular weight is 1160 g/mol. The molecule has 1 amide bonds. The summed E-state index contributed by atoms with van der Waals surface area (Å²) in [6.45, 7) is 6.81. The number of likely N-dealkylation sites (N-methyl/N-ethyl adjacent to an activating group) is 1. The Morgan fingerprint density at radius 3 is 1.15 bits per heavy atom. The average Bonchev–Trinajstić information content (AvgIpc) is 3.44. The van der Waals surface area contributed by atoms with Crippen molar-refractivity contribution < 1.29 is 37.3 Å². The number of hydrogen-bond donors (Lipinski definition) is 1. The van der Waals surface area contributed by atoms with Gasteiger partial charge in [0.2, 0.25) is 5.91 Å². The predicted molar refractivity (Wildman–Crippen MR) is 348 cm³/mol. The number of phosphoric acid groups is 1. The monoisotopic (exact) mass is 1150 g/mol. The van der Waals surface area contributed by atoms with Crippen LogP contribution in [0.4, 0.5) is 0 Å². The SMILES string of the molecule is CCCCC/C=C\C/C=C\C/C=C\CCCCCCCCC(=O)OC(/C=C\CCCCCCCCCCCCC)C(COP(=O)([O-])OCC[N+](C)(C)C)NC(=O)CCCCCCCCCCCCCCC/C=C\C/C=C\CCCCC. The van der Waals surface area contributed by atoms with Crippen molar-refractivity contribution in [2.75, 3.05) is 40.9 Å². The van der Waals surface area contributed by atoms with E-state index in [0.717, 1.165) is 83.5 Å². The fourth-order valence-corrected chi connectivity index (χ4v) is 10.5. The second-order valence-electron chi connectivity index (χ2n) is 24.3. The zero-order valence-electron chi connectivity index (χ0n) is 54.0. The first kappa shape index (κ1) is 78.5. The molecule has 9 nitrogen and oxygen atoms in total. The molecule has 10 heteroatoms. The van der Waals surface area contributed by atoms with E-state index in [2.05, 4.69) is 86.8 Å². The zero-order valence-corrected chi connectivity index (χ0v) is 54.9. The quantitative estimate of drug-likeness (QED) is 0.0212. The number of nitrogens with one attached hydrogen (secondary N) is 1. The number of hydrogen-bond acceptors (Lipinski definition) is 7. The molecular formula is C71H131N2O7P. The summed E-state index contributed by atoms with van der Waals surface area (Å²) in [5.74, 6) is -0.549. The van der Waals surface area contributed by atoms with Crippen LogP contribution in [0.5, 0.6) is 0 Å². The van der Waals surface area contributed by atoms with Crippen LogP contribution in [0.3, 0.4) is 0 Å². The first-order valence-electron chi connectivity index (χ1n) is 34.2. The van der Waals surface area contributed by atoms with E-state index in [1.165, 1.54) is 193 Å². The Labute approximate surface area is 502 Å². The fourth-order valence-electron chi connectivity index (χ4n) is 9.80. The predicted octanol–water partition coefficient (Wildman–Crippen LogP) is 20.9. The van der Waals surface area contributed by atoms with Gasteiger partial charge in [0.25, 0.3) is 7.82 Å². The largest absolute Gasteiger partial charge is 0.756 e. The third kappa shape index (κ3) is 61.8. The molecule has 0 saturated heterocycles. The maximum absolute atomic E-state index is 13.6. The van der Waals surface area contributed by atoms with E-state index in [1.807, 2.05) is 33.3 Å². The van der Waals surface area contributed by atoms with Gasteiger partial charge in [-0.2, -0.15) is 0 Å². The minimum Gasteiger partial charge on any atom is -0.756 e. The Hall–Kier alpha value is -2.55. The number of amides is 1. The van der Waals surface area contributed by atoms with E-state index in [4.69, 9.17) is 13.8 Å². The van der Waals surface area contributed by atoms with Gasteiger partial charge in [-0.25, -0.2) is 0 Å². The number of quaternary nitrogens is 1. The molecule has 0 aliphatic heterocycles. The Kier molecular flexibility index (Phi) is 58.7. The van der Waals surface area contributed by atoms with Crippen molar-refractivity contribution in [1.29, 1.82) is 0 Å². The van der Waals surface area contributed by atoms with Gasteiger partial charge in [0.1, 0.15) is 19.3 Å². The number of ether oxygens (including phenoxy) is 1. The molecule has 3 unspecified atom stereocenters. The number of carbonyl (C=O) groups excluding carboxylic acids is 2.